The highest BCUT2D eigenvalue weighted by atomic mass is 19.3. The van der Waals surface area contributed by atoms with E-state index < -0.39 is 6.11 Å². The van der Waals surface area contributed by atoms with E-state index in [4.69, 9.17) is 4.74 Å². The molecule has 1 amide bonds. The Bertz CT molecular complexity index is 958. The molecule has 3 rings (SSSR count). The third-order valence-corrected chi connectivity index (χ3v) is 4.27. The van der Waals surface area contributed by atoms with E-state index in [-0.39, 0.29) is 18.2 Å². The number of nitriles is 1. The SMILES string of the molecule is C=CC(=O)NCc1cc(-c2ccc(OC(C)(F)F)cc2)c2c(c1C#N)CCO2. The van der Waals surface area contributed by atoms with E-state index in [9.17, 15) is 18.8 Å². The number of halogens is 2. The number of benzene rings is 2. The first kappa shape index (κ1) is 19.4. The zero-order valence-corrected chi connectivity index (χ0v) is 15.2. The van der Waals surface area contributed by atoms with Crippen LogP contribution in [0.5, 0.6) is 11.5 Å². The minimum absolute atomic E-state index is 0.0425. The molecule has 0 bridgehead atoms. The van der Waals surface area contributed by atoms with Crippen molar-refractivity contribution in [2.45, 2.75) is 26.0 Å². The molecule has 0 spiro atoms. The Morgan fingerprint density at radius 1 is 1.43 bits per heavy atom. The molecule has 2 aromatic carbocycles. The second kappa shape index (κ2) is 7.69. The van der Waals surface area contributed by atoms with Crippen molar-refractivity contribution in [3.8, 4) is 28.7 Å². The molecule has 144 valence electrons. The summed E-state index contributed by atoms with van der Waals surface area (Å²) in [5, 5.41) is 12.3. The van der Waals surface area contributed by atoms with Gasteiger partial charge in [-0.15, -0.1) is 0 Å². The Kier molecular flexibility index (Phi) is 5.32. The standard InChI is InChI=1S/C21H18F2N2O3/c1-3-19(26)25-12-14-10-17(20-16(8-9-27-20)18(14)11-24)13-4-6-15(7-5-13)28-21(2,22)23/h3-7,10H,1,8-9,12H2,2H3,(H,25,26). The third-order valence-electron chi connectivity index (χ3n) is 4.27. The predicted molar refractivity (Wildman–Crippen MR) is 99.1 cm³/mol. The highest BCUT2D eigenvalue weighted by Gasteiger charge is 2.25. The van der Waals surface area contributed by atoms with Gasteiger partial charge < -0.3 is 14.8 Å². The highest BCUT2D eigenvalue weighted by Crippen LogP contribution is 2.41. The van der Waals surface area contributed by atoms with Crippen LogP contribution in [0.4, 0.5) is 8.78 Å². The number of fused-ring (bicyclic) bond motifs is 1. The normalized spacial score (nSPS) is 12.5. The predicted octanol–water partition coefficient (Wildman–Crippen LogP) is 3.95. The van der Waals surface area contributed by atoms with Crippen LogP contribution < -0.4 is 14.8 Å². The van der Waals surface area contributed by atoms with Crippen molar-refractivity contribution in [1.82, 2.24) is 5.32 Å². The summed E-state index contributed by atoms with van der Waals surface area (Å²) in [4.78, 5) is 11.5. The Labute approximate surface area is 161 Å². The molecule has 28 heavy (non-hydrogen) atoms. The van der Waals surface area contributed by atoms with Crippen molar-refractivity contribution in [3.63, 3.8) is 0 Å². The lowest BCUT2D eigenvalue weighted by Crippen LogP contribution is -2.21. The van der Waals surface area contributed by atoms with Crippen molar-refractivity contribution in [2.75, 3.05) is 6.61 Å². The van der Waals surface area contributed by atoms with Crippen LogP contribution in [0, 0.1) is 11.3 Å². The molecule has 5 nitrogen and oxygen atoms in total. The minimum atomic E-state index is -3.27. The summed E-state index contributed by atoms with van der Waals surface area (Å²) in [7, 11) is 0. The average Bonchev–Trinajstić information content (AvgIpc) is 3.14. The maximum Gasteiger partial charge on any atom is 0.394 e. The van der Waals surface area contributed by atoms with Crippen molar-refractivity contribution in [2.24, 2.45) is 0 Å². The van der Waals surface area contributed by atoms with Gasteiger partial charge in [-0.2, -0.15) is 14.0 Å². The van der Waals surface area contributed by atoms with Gasteiger partial charge in [0.2, 0.25) is 5.91 Å². The smallest absolute Gasteiger partial charge is 0.394 e. The summed E-state index contributed by atoms with van der Waals surface area (Å²) in [6, 6.07) is 10.2. The molecule has 0 saturated heterocycles. The largest absolute Gasteiger partial charge is 0.492 e. The summed E-state index contributed by atoms with van der Waals surface area (Å²) in [5.74, 6) is 0.301. The van der Waals surface area contributed by atoms with Crippen LogP contribution in [-0.2, 0) is 17.8 Å². The lowest BCUT2D eigenvalue weighted by atomic mass is 9.93. The molecule has 1 aliphatic heterocycles. The van der Waals surface area contributed by atoms with E-state index in [0.29, 0.717) is 36.8 Å². The van der Waals surface area contributed by atoms with Crippen molar-refractivity contribution in [3.05, 3.63) is 59.7 Å². The average molecular weight is 384 g/mol. The fourth-order valence-electron chi connectivity index (χ4n) is 3.10. The quantitative estimate of drug-likeness (QED) is 0.766. The Hall–Kier alpha value is -3.40. The zero-order chi connectivity index (χ0) is 20.3. The molecule has 0 atom stereocenters. The van der Waals surface area contributed by atoms with Crippen LogP contribution in [0.1, 0.15) is 23.6 Å². The summed E-state index contributed by atoms with van der Waals surface area (Å²) in [6.07, 6.45) is -1.53. The first-order valence-electron chi connectivity index (χ1n) is 8.61. The molecular formula is C21H18F2N2O3. The molecule has 1 N–H and O–H groups in total. The van der Waals surface area contributed by atoms with Gasteiger partial charge in [0.1, 0.15) is 11.5 Å². The Balaban J connectivity index is 2.01. The third kappa shape index (κ3) is 4.12. The summed E-state index contributed by atoms with van der Waals surface area (Å²) < 4.78 is 36.3. The maximum absolute atomic E-state index is 13.0. The maximum atomic E-state index is 13.0. The van der Waals surface area contributed by atoms with Crippen LogP contribution in [-0.4, -0.2) is 18.6 Å². The van der Waals surface area contributed by atoms with Crippen molar-refractivity contribution >= 4 is 5.91 Å². The number of hydrogen-bond acceptors (Lipinski definition) is 4. The minimum Gasteiger partial charge on any atom is -0.492 e. The van der Waals surface area contributed by atoms with Crippen LogP contribution in [0.25, 0.3) is 11.1 Å². The number of ether oxygens (including phenoxy) is 2. The Morgan fingerprint density at radius 3 is 2.75 bits per heavy atom. The van der Waals surface area contributed by atoms with Crippen LogP contribution >= 0.6 is 0 Å². The summed E-state index contributed by atoms with van der Waals surface area (Å²) >= 11 is 0. The first-order chi connectivity index (χ1) is 13.3. The van der Waals surface area contributed by atoms with Gasteiger partial charge in [0.25, 0.3) is 0 Å². The molecule has 0 saturated carbocycles. The number of carbonyl (C=O) groups excluding carboxylic acids is 1. The number of nitrogens with one attached hydrogen (secondary N) is 1. The molecule has 0 fully saturated rings. The number of alkyl halides is 2. The van der Waals surface area contributed by atoms with Crippen molar-refractivity contribution in [1.29, 1.82) is 5.26 Å². The number of hydrogen-bond donors (Lipinski definition) is 1. The van der Waals surface area contributed by atoms with Gasteiger partial charge in [0, 0.05) is 31.0 Å². The molecule has 0 radical (unpaired) electrons. The van der Waals surface area contributed by atoms with Gasteiger partial charge in [-0.25, -0.2) is 0 Å². The van der Waals surface area contributed by atoms with Gasteiger partial charge in [-0.3, -0.25) is 4.79 Å². The molecule has 0 aliphatic carbocycles. The van der Waals surface area contributed by atoms with Crippen molar-refractivity contribution < 1.29 is 23.0 Å². The fourth-order valence-corrected chi connectivity index (χ4v) is 3.10. The number of amides is 1. The van der Waals surface area contributed by atoms with E-state index in [1.165, 1.54) is 12.1 Å². The summed E-state index contributed by atoms with van der Waals surface area (Å²) in [6.45, 7) is 4.69. The molecule has 1 aliphatic rings. The van der Waals surface area contributed by atoms with E-state index in [0.717, 1.165) is 22.8 Å². The molecule has 0 aromatic heterocycles. The second-order valence-corrected chi connectivity index (χ2v) is 6.33. The second-order valence-electron chi connectivity index (χ2n) is 6.33. The molecule has 2 aromatic rings. The number of nitrogens with zero attached hydrogens (tertiary/aromatic N) is 1. The van der Waals surface area contributed by atoms with Gasteiger partial charge in [0.15, 0.2) is 0 Å². The molecular weight excluding hydrogens is 366 g/mol. The van der Waals surface area contributed by atoms with Crippen LogP contribution in [0.3, 0.4) is 0 Å². The van der Waals surface area contributed by atoms with E-state index in [1.54, 1.807) is 18.2 Å². The lowest BCUT2D eigenvalue weighted by molar-refractivity contribution is -0.158. The monoisotopic (exact) mass is 384 g/mol. The van der Waals surface area contributed by atoms with Gasteiger partial charge in [-0.1, -0.05) is 18.7 Å². The molecule has 1 heterocycles. The topological polar surface area (TPSA) is 71.3 Å². The first-order valence-corrected chi connectivity index (χ1v) is 8.61. The lowest BCUT2D eigenvalue weighted by Gasteiger charge is -2.16. The molecule has 7 heteroatoms. The fraction of sp³-hybridized carbons (Fsp3) is 0.238. The van der Waals surface area contributed by atoms with Gasteiger partial charge in [0.05, 0.1) is 18.2 Å². The van der Waals surface area contributed by atoms with E-state index in [2.05, 4.69) is 22.7 Å². The highest BCUT2D eigenvalue weighted by molar-refractivity contribution is 5.87. The molecule has 0 unspecified atom stereocenters. The van der Waals surface area contributed by atoms with E-state index >= 15 is 0 Å². The number of rotatable bonds is 6. The van der Waals surface area contributed by atoms with Gasteiger partial charge >= 0.3 is 6.11 Å². The van der Waals surface area contributed by atoms with Crippen LogP contribution in [0.15, 0.2) is 43.0 Å². The zero-order valence-electron chi connectivity index (χ0n) is 15.2. The number of carbonyl (C=O) groups is 1. The van der Waals surface area contributed by atoms with Gasteiger partial charge in [-0.05, 0) is 35.4 Å². The van der Waals surface area contributed by atoms with Crippen LogP contribution in [0.2, 0.25) is 0 Å². The summed E-state index contributed by atoms with van der Waals surface area (Å²) in [5.41, 5.74) is 3.36. The Morgan fingerprint density at radius 2 is 2.14 bits per heavy atom. The van der Waals surface area contributed by atoms with E-state index in [1.807, 2.05) is 0 Å².